The molecule has 1 amide bonds. The SMILES string of the molecule is C=C(Br)CNC(=O)c1cc2c(s1)CCCCC2. The normalized spacial score (nSPS) is 14.9. The van der Waals surface area contributed by atoms with Crippen molar-refractivity contribution in [2.45, 2.75) is 32.1 Å². The Balaban J connectivity index is 2.06. The van der Waals surface area contributed by atoms with Crippen LogP contribution >= 0.6 is 27.3 Å². The van der Waals surface area contributed by atoms with E-state index < -0.39 is 0 Å². The Morgan fingerprint density at radius 2 is 2.18 bits per heavy atom. The summed E-state index contributed by atoms with van der Waals surface area (Å²) >= 11 is 4.89. The molecule has 0 spiro atoms. The Morgan fingerprint density at radius 3 is 2.94 bits per heavy atom. The van der Waals surface area contributed by atoms with Crippen molar-refractivity contribution in [3.05, 3.63) is 32.4 Å². The van der Waals surface area contributed by atoms with Crippen molar-refractivity contribution in [2.24, 2.45) is 0 Å². The van der Waals surface area contributed by atoms with E-state index in [1.807, 2.05) is 0 Å². The van der Waals surface area contributed by atoms with Crippen LogP contribution in [0, 0.1) is 0 Å². The first-order chi connectivity index (χ1) is 8.16. The van der Waals surface area contributed by atoms with Gasteiger partial charge in [0, 0.05) is 15.9 Å². The van der Waals surface area contributed by atoms with Crippen molar-refractivity contribution in [1.82, 2.24) is 5.32 Å². The number of nitrogens with one attached hydrogen (secondary N) is 1. The first-order valence-corrected chi connectivity index (χ1v) is 7.51. The van der Waals surface area contributed by atoms with E-state index in [1.165, 1.54) is 29.7 Å². The summed E-state index contributed by atoms with van der Waals surface area (Å²) in [5.74, 6) is 0.0173. The average Bonchev–Trinajstić information content (AvgIpc) is 2.58. The number of aryl methyl sites for hydroxylation is 2. The molecular weight excluding hydrogens is 298 g/mol. The number of amides is 1. The molecular formula is C13H16BrNOS. The van der Waals surface area contributed by atoms with E-state index in [-0.39, 0.29) is 5.91 Å². The maximum atomic E-state index is 11.9. The molecule has 2 rings (SSSR count). The lowest BCUT2D eigenvalue weighted by atomic mass is 10.1. The Kier molecular flexibility index (Phi) is 4.40. The standard InChI is InChI=1S/C13H16BrNOS/c1-9(14)8-15-13(16)12-7-10-5-3-2-4-6-11(10)17-12/h7H,1-6,8H2,(H,15,16). The van der Waals surface area contributed by atoms with Gasteiger partial charge < -0.3 is 5.32 Å². The molecule has 2 nitrogen and oxygen atoms in total. The fraction of sp³-hybridized carbons (Fsp3) is 0.462. The number of carbonyl (C=O) groups is 1. The van der Waals surface area contributed by atoms with E-state index in [0.29, 0.717) is 6.54 Å². The second kappa shape index (κ2) is 5.83. The molecule has 1 heterocycles. The Bertz CT molecular complexity index is 415. The third kappa shape index (κ3) is 3.42. The molecule has 0 radical (unpaired) electrons. The van der Waals surface area contributed by atoms with Crippen LogP contribution in [0.15, 0.2) is 17.1 Å². The smallest absolute Gasteiger partial charge is 0.261 e. The summed E-state index contributed by atoms with van der Waals surface area (Å²) in [4.78, 5) is 14.1. The van der Waals surface area contributed by atoms with Crippen molar-refractivity contribution in [2.75, 3.05) is 6.54 Å². The molecule has 1 aromatic rings. The molecule has 92 valence electrons. The molecule has 0 saturated heterocycles. The molecule has 4 heteroatoms. The van der Waals surface area contributed by atoms with Gasteiger partial charge >= 0.3 is 0 Å². The van der Waals surface area contributed by atoms with E-state index in [1.54, 1.807) is 11.3 Å². The van der Waals surface area contributed by atoms with Crippen LogP contribution in [-0.4, -0.2) is 12.5 Å². The fourth-order valence-corrected chi connectivity index (χ4v) is 3.35. The molecule has 0 aromatic carbocycles. The highest BCUT2D eigenvalue weighted by Crippen LogP contribution is 2.28. The van der Waals surface area contributed by atoms with E-state index in [4.69, 9.17) is 0 Å². The van der Waals surface area contributed by atoms with Crippen LogP contribution < -0.4 is 5.32 Å². The second-order valence-corrected chi connectivity index (χ2v) is 6.58. The van der Waals surface area contributed by atoms with Crippen LogP contribution in [0.4, 0.5) is 0 Å². The van der Waals surface area contributed by atoms with Gasteiger partial charge in [-0.05, 0) is 37.3 Å². The predicted molar refractivity (Wildman–Crippen MR) is 76.0 cm³/mol. The maximum absolute atomic E-state index is 11.9. The van der Waals surface area contributed by atoms with Gasteiger partial charge in [0.25, 0.3) is 5.91 Å². The minimum Gasteiger partial charge on any atom is -0.347 e. The number of rotatable bonds is 3. The molecule has 1 aliphatic carbocycles. The maximum Gasteiger partial charge on any atom is 0.261 e. The highest BCUT2D eigenvalue weighted by Gasteiger charge is 2.16. The van der Waals surface area contributed by atoms with Crippen molar-refractivity contribution in [3.8, 4) is 0 Å². The first kappa shape index (κ1) is 12.8. The third-order valence-electron chi connectivity index (χ3n) is 2.91. The van der Waals surface area contributed by atoms with Crippen molar-refractivity contribution >= 4 is 33.2 Å². The highest BCUT2D eigenvalue weighted by molar-refractivity contribution is 9.11. The van der Waals surface area contributed by atoms with Gasteiger partial charge in [-0.1, -0.05) is 28.9 Å². The van der Waals surface area contributed by atoms with E-state index >= 15 is 0 Å². The number of fused-ring (bicyclic) bond motifs is 1. The van der Waals surface area contributed by atoms with E-state index in [2.05, 4.69) is 33.9 Å². The van der Waals surface area contributed by atoms with E-state index in [0.717, 1.165) is 22.2 Å². The summed E-state index contributed by atoms with van der Waals surface area (Å²) in [6.45, 7) is 4.19. The summed E-state index contributed by atoms with van der Waals surface area (Å²) in [7, 11) is 0. The van der Waals surface area contributed by atoms with Gasteiger partial charge in [-0.15, -0.1) is 11.3 Å². The lowest BCUT2D eigenvalue weighted by Gasteiger charge is -2.01. The van der Waals surface area contributed by atoms with Gasteiger partial charge in [0.2, 0.25) is 0 Å². The molecule has 1 N–H and O–H groups in total. The van der Waals surface area contributed by atoms with Crippen LogP contribution in [0.3, 0.4) is 0 Å². The fourth-order valence-electron chi connectivity index (χ4n) is 2.04. The van der Waals surface area contributed by atoms with Crippen LogP contribution in [0.1, 0.15) is 39.4 Å². The Morgan fingerprint density at radius 1 is 1.41 bits per heavy atom. The second-order valence-electron chi connectivity index (χ2n) is 4.32. The predicted octanol–water partition coefficient (Wildman–Crippen LogP) is 3.66. The zero-order valence-corrected chi connectivity index (χ0v) is 12.1. The number of carbonyl (C=O) groups excluding carboxylic acids is 1. The van der Waals surface area contributed by atoms with E-state index in [9.17, 15) is 4.79 Å². The summed E-state index contributed by atoms with van der Waals surface area (Å²) in [5.41, 5.74) is 1.38. The number of hydrogen-bond donors (Lipinski definition) is 1. The molecule has 17 heavy (non-hydrogen) atoms. The minimum atomic E-state index is 0.0173. The topological polar surface area (TPSA) is 29.1 Å². The largest absolute Gasteiger partial charge is 0.347 e. The summed E-state index contributed by atoms with van der Waals surface area (Å²) < 4.78 is 0.795. The average molecular weight is 314 g/mol. The third-order valence-corrected chi connectivity index (χ3v) is 4.43. The van der Waals surface area contributed by atoms with Crippen molar-refractivity contribution in [1.29, 1.82) is 0 Å². The van der Waals surface area contributed by atoms with Gasteiger partial charge in [-0.25, -0.2) is 0 Å². The van der Waals surface area contributed by atoms with Crippen molar-refractivity contribution in [3.63, 3.8) is 0 Å². The van der Waals surface area contributed by atoms with Gasteiger partial charge in [-0.3, -0.25) is 4.79 Å². The molecule has 1 aromatic heterocycles. The Labute approximate surface area is 114 Å². The van der Waals surface area contributed by atoms with Gasteiger partial charge in [0.15, 0.2) is 0 Å². The number of thiophene rings is 1. The van der Waals surface area contributed by atoms with Crippen LogP contribution in [0.5, 0.6) is 0 Å². The monoisotopic (exact) mass is 313 g/mol. The zero-order valence-electron chi connectivity index (χ0n) is 9.72. The summed E-state index contributed by atoms with van der Waals surface area (Å²) in [6.07, 6.45) is 6.09. The first-order valence-electron chi connectivity index (χ1n) is 5.90. The molecule has 0 atom stereocenters. The van der Waals surface area contributed by atoms with Crippen LogP contribution in [0.2, 0.25) is 0 Å². The molecule has 0 saturated carbocycles. The van der Waals surface area contributed by atoms with Gasteiger partial charge in [-0.2, -0.15) is 0 Å². The molecule has 0 aliphatic heterocycles. The van der Waals surface area contributed by atoms with Crippen LogP contribution in [0.25, 0.3) is 0 Å². The minimum absolute atomic E-state index is 0.0173. The van der Waals surface area contributed by atoms with Crippen LogP contribution in [-0.2, 0) is 12.8 Å². The van der Waals surface area contributed by atoms with Gasteiger partial charge in [0.05, 0.1) is 4.88 Å². The molecule has 0 unspecified atom stereocenters. The van der Waals surface area contributed by atoms with Gasteiger partial charge in [0.1, 0.15) is 0 Å². The lowest BCUT2D eigenvalue weighted by Crippen LogP contribution is -2.23. The summed E-state index contributed by atoms with van der Waals surface area (Å²) in [5, 5.41) is 2.85. The highest BCUT2D eigenvalue weighted by atomic mass is 79.9. The number of halogens is 1. The molecule has 0 fully saturated rings. The Hall–Kier alpha value is -0.610. The molecule has 0 bridgehead atoms. The zero-order chi connectivity index (χ0) is 12.3. The van der Waals surface area contributed by atoms with Crippen molar-refractivity contribution < 1.29 is 4.79 Å². The molecule has 1 aliphatic rings. The quantitative estimate of drug-likeness (QED) is 0.848. The number of hydrogen-bond acceptors (Lipinski definition) is 2. The summed E-state index contributed by atoms with van der Waals surface area (Å²) in [6, 6.07) is 2.07. The lowest BCUT2D eigenvalue weighted by molar-refractivity contribution is 0.0961.